The summed E-state index contributed by atoms with van der Waals surface area (Å²) in [5, 5.41) is 12.3. The Balaban J connectivity index is 0.000000193. The predicted molar refractivity (Wildman–Crippen MR) is 110 cm³/mol. The van der Waals surface area contributed by atoms with Crippen LogP contribution in [0.5, 0.6) is 0 Å². The summed E-state index contributed by atoms with van der Waals surface area (Å²) in [5.74, 6) is 1.63. The van der Waals surface area contributed by atoms with Crippen molar-refractivity contribution < 1.29 is 9.90 Å². The van der Waals surface area contributed by atoms with Crippen molar-refractivity contribution in [2.45, 2.75) is 26.7 Å². The van der Waals surface area contributed by atoms with E-state index in [9.17, 15) is 4.79 Å². The van der Waals surface area contributed by atoms with E-state index in [0.717, 1.165) is 35.5 Å². The molecule has 4 heteroatoms. The molecule has 1 saturated carbocycles. The second kappa shape index (κ2) is 8.40. The van der Waals surface area contributed by atoms with Crippen molar-refractivity contribution in [2.24, 2.45) is 23.5 Å². The van der Waals surface area contributed by atoms with E-state index in [2.05, 4.69) is 17.5 Å². The Hall–Kier alpha value is -2.59. The summed E-state index contributed by atoms with van der Waals surface area (Å²) in [6.07, 6.45) is 7.46. The molecule has 4 rings (SSSR count). The Morgan fingerprint density at radius 1 is 1.07 bits per heavy atom. The third-order valence-corrected chi connectivity index (χ3v) is 5.75. The van der Waals surface area contributed by atoms with Crippen LogP contribution in [0, 0.1) is 31.6 Å². The first-order valence-electron chi connectivity index (χ1n) is 9.53. The molecule has 3 atom stereocenters. The fourth-order valence-corrected chi connectivity index (χ4v) is 3.98. The van der Waals surface area contributed by atoms with Crippen LogP contribution >= 0.6 is 0 Å². The standard InChI is InChI=1S/C15H15NO2.C8H13N/c1-10-6-5-9-13(11(10)2)16-14-8-4-3-7-12(14)15(17)18;9-5-8-4-6-1-2-7(8)3-6/h3-9,16H,1-2H3,(H,17,18);1-2,6-8H,3-5,9H2/t;6?,7?,8-/m.1/s1. The van der Waals surface area contributed by atoms with E-state index in [4.69, 9.17) is 10.8 Å². The van der Waals surface area contributed by atoms with Crippen LogP contribution in [0.15, 0.2) is 54.6 Å². The van der Waals surface area contributed by atoms with Gasteiger partial charge in [-0.3, -0.25) is 0 Å². The molecule has 2 unspecified atom stereocenters. The van der Waals surface area contributed by atoms with Gasteiger partial charge in [-0.25, -0.2) is 4.79 Å². The Labute approximate surface area is 161 Å². The van der Waals surface area contributed by atoms with Gasteiger partial charge in [0.15, 0.2) is 0 Å². The highest BCUT2D eigenvalue weighted by Gasteiger charge is 2.34. The van der Waals surface area contributed by atoms with Gasteiger partial charge in [0.1, 0.15) is 0 Å². The Morgan fingerprint density at radius 2 is 1.81 bits per heavy atom. The number of aryl methyl sites for hydroxylation is 1. The summed E-state index contributed by atoms with van der Waals surface area (Å²) in [6, 6.07) is 12.8. The summed E-state index contributed by atoms with van der Waals surface area (Å²) in [7, 11) is 0. The first kappa shape index (κ1) is 19.2. The van der Waals surface area contributed by atoms with E-state index in [0.29, 0.717) is 5.69 Å². The predicted octanol–water partition coefficient (Wildman–Crippen LogP) is 4.90. The average molecular weight is 364 g/mol. The minimum absolute atomic E-state index is 0.276. The Bertz CT molecular complexity index is 844. The zero-order chi connectivity index (χ0) is 19.4. The van der Waals surface area contributed by atoms with Crippen LogP contribution in [0.4, 0.5) is 11.4 Å². The molecule has 0 heterocycles. The number of rotatable bonds is 4. The van der Waals surface area contributed by atoms with Crippen LogP contribution in [0.25, 0.3) is 0 Å². The molecule has 0 spiro atoms. The molecule has 4 N–H and O–H groups in total. The van der Waals surface area contributed by atoms with E-state index in [1.54, 1.807) is 18.2 Å². The Kier molecular flexibility index (Phi) is 5.97. The maximum absolute atomic E-state index is 11.1. The van der Waals surface area contributed by atoms with Crippen molar-refractivity contribution in [3.63, 3.8) is 0 Å². The Morgan fingerprint density at radius 3 is 2.41 bits per heavy atom. The van der Waals surface area contributed by atoms with Gasteiger partial charge in [0.25, 0.3) is 0 Å². The van der Waals surface area contributed by atoms with E-state index in [1.165, 1.54) is 18.4 Å². The van der Waals surface area contributed by atoms with E-state index in [-0.39, 0.29) is 5.56 Å². The molecule has 142 valence electrons. The van der Waals surface area contributed by atoms with Gasteiger partial charge in [-0.05, 0) is 80.3 Å². The summed E-state index contributed by atoms with van der Waals surface area (Å²) < 4.78 is 0. The number of carboxylic acid groups (broad SMARTS) is 1. The number of para-hydroxylation sites is 1. The van der Waals surface area contributed by atoms with Crippen molar-refractivity contribution >= 4 is 17.3 Å². The van der Waals surface area contributed by atoms with Crippen LogP contribution in [0.2, 0.25) is 0 Å². The minimum Gasteiger partial charge on any atom is -0.478 e. The van der Waals surface area contributed by atoms with Gasteiger partial charge >= 0.3 is 5.97 Å². The molecule has 2 aliphatic carbocycles. The lowest BCUT2D eigenvalue weighted by molar-refractivity contribution is 0.0698. The molecule has 0 aromatic heterocycles. The lowest BCUT2D eigenvalue weighted by atomic mass is 9.94. The van der Waals surface area contributed by atoms with Gasteiger partial charge in [-0.1, -0.05) is 36.4 Å². The topological polar surface area (TPSA) is 75.3 Å². The average Bonchev–Trinajstić information content (AvgIpc) is 3.29. The number of allylic oxidation sites excluding steroid dienone is 2. The van der Waals surface area contributed by atoms with Crippen molar-refractivity contribution in [3.8, 4) is 0 Å². The SMILES string of the molecule is Cc1cccc(Nc2ccccc2C(=O)O)c1C.NC[C@H]1CC2C=CC1C2. The molecule has 0 radical (unpaired) electrons. The molecule has 2 aliphatic rings. The highest BCUT2D eigenvalue weighted by atomic mass is 16.4. The number of carbonyl (C=O) groups is 1. The number of nitrogens with two attached hydrogens (primary N) is 1. The molecular weight excluding hydrogens is 336 g/mol. The zero-order valence-corrected chi connectivity index (χ0v) is 16.0. The number of anilines is 2. The lowest BCUT2D eigenvalue weighted by Gasteiger charge is -2.14. The molecule has 4 nitrogen and oxygen atoms in total. The fourth-order valence-electron chi connectivity index (χ4n) is 3.98. The third kappa shape index (κ3) is 4.40. The van der Waals surface area contributed by atoms with Crippen LogP contribution in [0.1, 0.15) is 34.3 Å². The van der Waals surface area contributed by atoms with Crippen molar-refractivity contribution in [2.75, 3.05) is 11.9 Å². The maximum atomic E-state index is 11.1. The van der Waals surface area contributed by atoms with Crippen molar-refractivity contribution in [1.82, 2.24) is 0 Å². The molecule has 2 aromatic rings. The number of benzene rings is 2. The lowest BCUT2D eigenvalue weighted by Crippen LogP contribution is -2.17. The summed E-state index contributed by atoms with van der Waals surface area (Å²) in [6.45, 7) is 4.94. The monoisotopic (exact) mass is 364 g/mol. The second-order valence-corrected chi connectivity index (χ2v) is 7.50. The van der Waals surface area contributed by atoms with Gasteiger partial charge in [0, 0.05) is 5.69 Å². The molecule has 2 aromatic carbocycles. The van der Waals surface area contributed by atoms with Gasteiger partial charge < -0.3 is 16.2 Å². The van der Waals surface area contributed by atoms with Gasteiger partial charge in [0.2, 0.25) is 0 Å². The number of hydrogen-bond donors (Lipinski definition) is 3. The molecule has 0 saturated heterocycles. The maximum Gasteiger partial charge on any atom is 0.337 e. The quantitative estimate of drug-likeness (QED) is 0.674. The van der Waals surface area contributed by atoms with Crippen LogP contribution in [0.3, 0.4) is 0 Å². The number of nitrogens with one attached hydrogen (secondary N) is 1. The van der Waals surface area contributed by atoms with Crippen molar-refractivity contribution in [1.29, 1.82) is 0 Å². The molecule has 0 amide bonds. The van der Waals surface area contributed by atoms with Crippen molar-refractivity contribution in [3.05, 3.63) is 71.3 Å². The molecule has 27 heavy (non-hydrogen) atoms. The first-order valence-corrected chi connectivity index (χ1v) is 9.53. The molecule has 0 aliphatic heterocycles. The summed E-state index contributed by atoms with van der Waals surface area (Å²) in [4.78, 5) is 11.1. The zero-order valence-electron chi connectivity index (χ0n) is 16.0. The molecular formula is C23H28N2O2. The van der Waals surface area contributed by atoms with Gasteiger partial charge in [-0.15, -0.1) is 0 Å². The highest BCUT2D eigenvalue weighted by Crippen LogP contribution is 2.42. The van der Waals surface area contributed by atoms with Gasteiger partial charge in [0.05, 0.1) is 11.3 Å². The number of fused-ring (bicyclic) bond motifs is 2. The largest absolute Gasteiger partial charge is 0.478 e. The molecule has 1 fully saturated rings. The summed E-state index contributed by atoms with van der Waals surface area (Å²) in [5.41, 5.74) is 9.70. The second-order valence-electron chi connectivity index (χ2n) is 7.50. The van der Waals surface area contributed by atoms with E-state index in [1.807, 2.05) is 38.1 Å². The smallest absolute Gasteiger partial charge is 0.337 e. The third-order valence-electron chi connectivity index (χ3n) is 5.75. The van der Waals surface area contributed by atoms with Gasteiger partial charge in [-0.2, -0.15) is 0 Å². The van der Waals surface area contributed by atoms with Crippen LogP contribution in [-0.2, 0) is 0 Å². The number of aromatic carboxylic acids is 1. The molecule has 2 bridgehead atoms. The number of carboxylic acids is 1. The minimum atomic E-state index is -0.927. The highest BCUT2D eigenvalue weighted by molar-refractivity contribution is 5.95. The fraction of sp³-hybridized carbons (Fsp3) is 0.348. The van der Waals surface area contributed by atoms with E-state index >= 15 is 0 Å². The van der Waals surface area contributed by atoms with Crippen LogP contribution in [-0.4, -0.2) is 17.6 Å². The first-order chi connectivity index (χ1) is 13.0. The number of hydrogen-bond acceptors (Lipinski definition) is 3. The summed E-state index contributed by atoms with van der Waals surface area (Å²) >= 11 is 0. The van der Waals surface area contributed by atoms with Crippen LogP contribution < -0.4 is 11.1 Å². The van der Waals surface area contributed by atoms with E-state index < -0.39 is 5.97 Å². The normalized spacial score (nSPS) is 22.3.